The zero-order valence-electron chi connectivity index (χ0n) is 13.0. The fourth-order valence-corrected chi connectivity index (χ4v) is 1.76. The Labute approximate surface area is 121 Å². The van der Waals surface area contributed by atoms with E-state index in [0.717, 1.165) is 25.3 Å². The van der Waals surface area contributed by atoms with Crippen molar-refractivity contribution in [2.45, 2.75) is 52.9 Å². The second kappa shape index (κ2) is 10.2. The summed E-state index contributed by atoms with van der Waals surface area (Å²) < 4.78 is 9.79. The lowest BCUT2D eigenvalue weighted by atomic mass is 10.0. The number of unbranched alkanes of at least 4 members (excludes halogenated alkanes) is 2. The first kappa shape index (κ1) is 18.4. The number of rotatable bonds is 9. The highest BCUT2D eigenvalue weighted by Gasteiger charge is 2.14. The van der Waals surface area contributed by atoms with Crippen molar-refractivity contribution in [1.29, 1.82) is 0 Å². The molecule has 0 heterocycles. The standard InChI is InChI=1S/C16H26O4/c1-6-15(17)20-14(13(4)16(18)19-5)11-9-7-8-10-12(2)3/h6,12H,1,7-11H2,2-5H3. The SMILES string of the molecule is C=CC(=O)OC(CCCCCC(C)C)=C(C)C(=O)OC. The van der Waals surface area contributed by atoms with Crippen molar-refractivity contribution in [3.05, 3.63) is 24.0 Å². The zero-order valence-corrected chi connectivity index (χ0v) is 13.0. The Hall–Kier alpha value is -1.58. The molecule has 0 saturated heterocycles. The van der Waals surface area contributed by atoms with Crippen LogP contribution in [0.4, 0.5) is 0 Å². The molecular formula is C16H26O4. The highest BCUT2D eigenvalue weighted by Crippen LogP contribution is 2.18. The smallest absolute Gasteiger partial charge is 0.336 e. The van der Waals surface area contributed by atoms with Crippen molar-refractivity contribution in [3.63, 3.8) is 0 Å². The fourth-order valence-electron chi connectivity index (χ4n) is 1.76. The number of carbonyl (C=O) groups excluding carboxylic acids is 2. The monoisotopic (exact) mass is 282 g/mol. The first-order valence-electron chi connectivity index (χ1n) is 7.04. The molecule has 0 saturated carbocycles. The molecule has 0 aromatic rings. The lowest BCUT2D eigenvalue weighted by Crippen LogP contribution is -2.10. The normalized spacial score (nSPS) is 11.8. The molecule has 0 atom stereocenters. The molecule has 0 aromatic carbocycles. The van der Waals surface area contributed by atoms with Crippen LogP contribution in [0.3, 0.4) is 0 Å². The van der Waals surface area contributed by atoms with Crippen molar-refractivity contribution in [1.82, 2.24) is 0 Å². The Bertz CT molecular complexity index is 367. The van der Waals surface area contributed by atoms with Crippen LogP contribution in [0.25, 0.3) is 0 Å². The van der Waals surface area contributed by atoms with Crippen LogP contribution in [0.2, 0.25) is 0 Å². The zero-order chi connectivity index (χ0) is 15.5. The van der Waals surface area contributed by atoms with Gasteiger partial charge in [0.15, 0.2) is 0 Å². The van der Waals surface area contributed by atoms with E-state index in [4.69, 9.17) is 4.74 Å². The highest BCUT2D eigenvalue weighted by molar-refractivity contribution is 5.89. The lowest BCUT2D eigenvalue weighted by Gasteiger charge is -2.11. The Kier molecular flexibility index (Phi) is 9.43. The van der Waals surface area contributed by atoms with Gasteiger partial charge in [0.05, 0.1) is 12.7 Å². The van der Waals surface area contributed by atoms with Gasteiger partial charge in [-0.1, -0.05) is 39.7 Å². The average molecular weight is 282 g/mol. The number of hydrogen-bond acceptors (Lipinski definition) is 4. The molecule has 0 bridgehead atoms. The molecule has 0 unspecified atom stereocenters. The minimum absolute atomic E-state index is 0.339. The van der Waals surface area contributed by atoms with Crippen LogP contribution in [0.1, 0.15) is 52.9 Å². The largest absolute Gasteiger partial charge is 0.466 e. The second-order valence-electron chi connectivity index (χ2n) is 5.16. The third kappa shape index (κ3) is 7.77. The third-order valence-electron chi connectivity index (χ3n) is 2.99. The quantitative estimate of drug-likeness (QED) is 0.279. The molecule has 4 nitrogen and oxygen atoms in total. The van der Waals surface area contributed by atoms with Crippen LogP contribution in [0.15, 0.2) is 24.0 Å². The van der Waals surface area contributed by atoms with Gasteiger partial charge in [0.1, 0.15) is 5.76 Å². The number of carbonyl (C=O) groups is 2. The van der Waals surface area contributed by atoms with Gasteiger partial charge in [0, 0.05) is 12.5 Å². The number of methoxy groups -OCH3 is 1. The third-order valence-corrected chi connectivity index (χ3v) is 2.99. The predicted molar refractivity (Wildman–Crippen MR) is 78.9 cm³/mol. The maximum Gasteiger partial charge on any atom is 0.336 e. The van der Waals surface area contributed by atoms with Crippen molar-refractivity contribution in [3.8, 4) is 0 Å². The van der Waals surface area contributed by atoms with E-state index in [0.29, 0.717) is 23.7 Å². The van der Waals surface area contributed by atoms with E-state index >= 15 is 0 Å². The van der Waals surface area contributed by atoms with Gasteiger partial charge in [-0.05, 0) is 19.3 Å². The summed E-state index contributed by atoms with van der Waals surface area (Å²) in [6.07, 6.45) is 5.88. The van der Waals surface area contributed by atoms with E-state index < -0.39 is 11.9 Å². The molecule has 0 rings (SSSR count). The van der Waals surface area contributed by atoms with Crippen molar-refractivity contribution < 1.29 is 19.1 Å². The van der Waals surface area contributed by atoms with Crippen LogP contribution >= 0.6 is 0 Å². The van der Waals surface area contributed by atoms with Crippen molar-refractivity contribution >= 4 is 11.9 Å². The summed E-state index contributed by atoms with van der Waals surface area (Å²) in [5.41, 5.74) is 0.339. The molecule has 0 radical (unpaired) electrons. The van der Waals surface area contributed by atoms with Gasteiger partial charge < -0.3 is 9.47 Å². The Morgan fingerprint density at radius 3 is 2.35 bits per heavy atom. The van der Waals surface area contributed by atoms with Crippen molar-refractivity contribution in [2.24, 2.45) is 5.92 Å². The molecule has 0 aliphatic rings. The van der Waals surface area contributed by atoms with Crippen LogP contribution in [0, 0.1) is 5.92 Å². The van der Waals surface area contributed by atoms with Gasteiger partial charge in [-0.2, -0.15) is 0 Å². The van der Waals surface area contributed by atoms with E-state index in [9.17, 15) is 9.59 Å². The summed E-state index contributed by atoms with van der Waals surface area (Å²) in [5.74, 6) is 0.0520. The average Bonchev–Trinajstić information content (AvgIpc) is 2.43. The molecule has 0 amide bonds. The maximum atomic E-state index is 11.5. The minimum atomic E-state index is -0.551. The highest BCUT2D eigenvalue weighted by atomic mass is 16.5. The molecule has 0 spiro atoms. The van der Waals surface area contributed by atoms with E-state index in [-0.39, 0.29) is 0 Å². The van der Waals surface area contributed by atoms with E-state index in [1.54, 1.807) is 6.92 Å². The molecule has 20 heavy (non-hydrogen) atoms. The summed E-state index contributed by atoms with van der Waals surface area (Å²) in [7, 11) is 1.31. The molecule has 0 aliphatic heterocycles. The Balaban J connectivity index is 4.51. The van der Waals surface area contributed by atoms with Gasteiger partial charge in [0.25, 0.3) is 0 Å². The summed E-state index contributed by atoms with van der Waals surface area (Å²) in [6, 6.07) is 0. The molecule has 0 aliphatic carbocycles. The minimum Gasteiger partial charge on any atom is -0.466 e. The van der Waals surface area contributed by atoms with E-state index in [1.807, 2.05) is 0 Å². The maximum absolute atomic E-state index is 11.5. The van der Waals surface area contributed by atoms with Crippen LogP contribution < -0.4 is 0 Å². The van der Waals surface area contributed by atoms with Crippen LogP contribution in [0.5, 0.6) is 0 Å². The summed E-state index contributed by atoms with van der Waals surface area (Å²) in [6.45, 7) is 9.34. The lowest BCUT2D eigenvalue weighted by molar-refractivity contribution is -0.137. The summed E-state index contributed by atoms with van der Waals surface area (Å²) in [4.78, 5) is 22.8. The summed E-state index contributed by atoms with van der Waals surface area (Å²) in [5, 5.41) is 0. The molecule has 114 valence electrons. The Morgan fingerprint density at radius 2 is 1.85 bits per heavy atom. The number of hydrogen-bond donors (Lipinski definition) is 0. The second-order valence-corrected chi connectivity index (χ2v) is 5.16. The van der Waals surface area contributed by atoms with Crippen LogP contribution in [-0.2, 0) is 19.1 Å². The first-order chi connectivity index (χ1) is 9.42. The van der Waals surface area contributed by atoms with Gasteiger partial charge in [-0.25, -0.2) is 9.59 Å². The van der Waals surface area contributed by atoms with E-state index in [2.05, 4.69) is 25.2 Å². The molecule has 4 heteroatoms. The summed E-state index contributed by atoms with van der Waals surface area (Å²) >= 11 is 0. The van der Waals surface area contributed by atoms with Gasteiger partial charge in [-0.15, -0.1) is 0 Å². The number of esters is 2. The molecule has 0 fully saturated rings. The van der Waals surface area contributed by atoms with Gasteiger partial charge in [-0.3, -0.25) is 0 Å². The number of ether oxygens (including phenoxy) is 2. The molecule has 0 aromatic heterocycles. The fraction of sp³-hybridized carbons (Fsp3) is 0.625. The topological polar surface area (TPSA) is 52.6 Å². The van der Waals surface area contributed by atoms with Crippen molar-refractivity contribution in [2.75, 3.05) is 7.11 Å². The first-order valence-corrected chi connectivity index (χ1v) is 7.04. The number of allylic oxidation sites excluding steroid dienone is 1. The van der Waals surface area contributed by atoms with Gasteiger partial charge in [0.2, 0.25) is 0 Å². The molecule has 0 N–H and O–H groups in total. The molecular weight excluding hydrogens is 256 g/mol. The van der Waals surface area contributed by atoms with Crippen LogP contribution in [-0.4, -0.2) is 19.0 Å². The predicted octanol–water partition coefficient (Wildman–Crippen LogP) is 3.77. The van der Waals surface area contributed by atoms with E-state index in [1.165, 1.54) is 13.5 Å². The van der Waals surface area contributed by atoms with Gasteiger partial charge >= 0.3 is 11.9 Å². The Morgan fingerprint density at radius 1 is 1.20 bits per heavy atom.